The third-order valence-electron chi connectivity index (χ3n) is 6.52. The molecule has 1 aliphatic rings. The average Bonchev–Trinajstić information content (AvgIpc) is 3.34. The van der Waals surface area contributed by atoms with Gasteiger partial charge < -0.3 is 40.6 Å². The number of nitrogens with one attached hydrogen (secondary N) is 1. The normalized spacial score (nSPS) is 14.3. The lowest BCUT2D eigenvalue weighted by molar-refractivity contribution is -0.138. The Kier molecular flexibility index (Phi) is 16.6. The lowest BCUT2D eigenvalue weighted by Gasteiger charge is -2.14. The Bertz CT molecular complexity index is 1900. The molecule has 1 aliphatic heterocycles. The molecule has 6 N–H and O–H groups in total. The van der Waals surface area contributed by atoms with Gasteiger partial charge in [-0.15, -0.1) is 0 Å². The number of carboxylic acid groups (broad SMARTS) is 1. The summed E-state index contributed by atoms with van der Waals surface area (Å²) in [5.74, 6) is 1.56. The second-order valence-corrected chi connectivity index (χ2v) is 19.5. The first kappa shape index (κ1) is 43.0. The molecule has 1 fully saturated rings. The smallest absolute Gasteiger partial charge is 0.415 e. The average molecular weight is 1580 g/mol. The third kappa shape index (κ3) is 11.6. The van der Waals surface area contributed by atoms with Gasteiger partial charge in [0.2, 0.25) is 0 Å². The van der Waals surface area contributed by atoms with E-state index in [-0.39, 0.29) is 17.9 Å². The number of hydrogen-bond acceptors (Lipinski definition) is 9. The first-order valence-corrected chi connectivity index (χ1v) is 22.2. The molecule has 5 rings (SSSR count). The minimum Gasteiger partial charge on any atom is -0.506 e. The Labute approximate surface area is 394 Å². The molecule has 2 unspecified atom stereocenters. The molecular weight excluding hydrogens is 1560 g/mol. The molecule has 4 aromatic carbocycles. The number of phenols is 2. The van der Waals surface area contributed by atoms with Crippen molar-refractivity contribution in [3.63, 3.8) is 0 Å². The van der Waals surface area contributed by atoms with Gasteiger partial charge in [0.25, 0.3) is 0 Å². The number of carboxylic acids is 1. The van der Waals surface area contributed by atoms with Crippen LogP contribution in [0.5, 0.6) is 34.5 Å². The summed E-state index contributed by atoms with van der Waals surface area (Å²) in [6, 6.07) is 13.0. The van der Waals surface area contributed by atoms with E-state index in [2.05, 4.69) is 191 Å². The number of alkyl carbamates (subject to hydrolysis) is 1. The Morgan fingerprint density at radius 1 is 0.700 bits per heavy atom. The van der Waals surface area contributed by atoms with Crippen LogP contribution in [0.3, 0.4) is 0 Å². The van der Waals surface area contributed by atoms with Gasteiger partial charge >= 0.3 is 18.0 Å². The number of halogens is 8. The highest BCUT2D eigenvalue weighted by Crippen LogP contribution is 2.38. The number of aromatic hydroxyl groups is 2. The summed E-state index contributed by atoms with van der Waals surface area (Å²) in [4.78, 5) is 33.6. The van der Waals surface area contributed by atoms with Crippen LogP contribution < -0.4 is 20.5 Å². The number of nitrogens with two attached hydrogens (primary N) is 1. The molecule has 0 saturated carbocycles. The zero-order valence-corrected chi connectivity index (χ0v) is 41.8. The van der Waals surface area contributed by atoms with Crippen LogP contribution >= 0.6 is 181 Å². The van der Waals surface area contributed by atoms with Crippen LogP contribution in [0.15, 0.2) is 48.5 Å². The second-order valence-electron chi connectivity index (χ2n) is 10.2. The van der Waals surface area contributed by atoms with E-state index in [1.54, 1.807) is 24.3 Å². The van der Waals surface area contributed by atoms with Crippen LogP contribution in [-0.2, 0) is 27.2 Å². The molecule has 4 aromatic rings. The summed E-state index contributed by atoms with van der Waals surface area (Å²) >= 11 is 16.9. The fraction of sp³-hybridized carbons (Fsp3) is 0.129. The van der Waals surface area contributed by atoms with E-state index < -0.39 is 30.1 Å². The second kappa shape index (κ2) is 19.2. The number of aliphatic carboxylic acids is 1. The number of hydrogen-bond donors (Lipinski definition) is 5. The SMILES string of the molecule is NC(Cc1cc(I)c(Oc2cc(I)c(O)c(I)c2)c(I)c1)C(=O)O.O=C1NC(Cc2cc(I)c(Oc3cc(I)c(O)c(I)c3)c(I)c2)C(=O)O1. The highest BCUT2D eigenvalue weighted by Gasteiger charge is 2.32. The minimum absolute atomic E-state index is 0.240. The van der Waals surface area contributed by atoms with E-state index in [1.165, 1.54) is 0 Å². The summed E-state index contributed by atoms with van der Waals surface area (Å²) in [5, 5.41) is 31.1. The van der Waals surface area contributed by atoms with Gasteiger partial charge in [-0.25, -0.2) is 9.59 Å². The molecular formula is C31H20I8N2O9. The highest BCUT2D eigenvalue weighted by atomic mass is 127. The third-order valence-corrected chi connectivity index (χ3v) is 13.0. The molecule has 19 heteroatoms. The van der Waals surface area contributed by atoms with Crippen molar-refractivity contribution in [1.29, 1.82) is 0 Å². The predicted octanol–water partition coefficient (Wildman–Crippen LogP) is 9.34. The molecule has 0 aromatic heterocycles. The van der Waals surface area contributed by atoms with Crippen molar-refractivity contribution < 1.29 is 43.9 Å². The van der Waals surface area contributed by atoms with E-state index in [0.29, 0.717) is 43.7 Å². The summed E-state index contributed by atoms with van der Waals surface area (Å²) in [7, 11) is 0. The van der Waals surface area contributed by atoms with E-state index in [1.807, 2.05) is 24.3 Å². The fourth-order valence-corrected chi connectivity index (χ4v) is 11.9. The van der Waals surface area contributed by atoms with Crippen molar-refractivity contribution in [1.82, 2.24) is 5.32 Å². The quantitative estimate of drug-likeness (QED) is 0.0617. The van der Waals surface area contributed by atoms with Crippen molar-refractivity contribution in [3.8, 4) is 34.5 Å². The Hall–Kier alpha value is 0.290. The topological polar surface area (TPSA) is 178 Å². The summed E-state index contributed by atoms with van der Waals surface area (Å²) in [5.41, 5.74) is 7.34. The number of rotatable bonds is 9. The molecule has 1 amide bonds. The molecule has 0 aliphatic carbocycles. The maximum Gasteiger partial charge on any atom is 0.415 e. The van der Waals surface area contributed by atoms with Gasteiger partial charge in [0.05, 0.1) is 28.6 Å². The van der Waals surface area contributed by atoms with E-state index in [0.717, 1.165) is 25.4 Å². The van der Waals surface area contributed by atoms with Gasteiger partial charge in [-0.1, -0.05) is 0 Å². The number of amides is 1. The van der Waals surface area contributed by atoms with Gasteiger partial charge in [0.1, 0.15) is 35.1 Å². The number of cyclic esters (lactones) is 2. The maximum atomic E-state index is 11.6. The maximum absolute atomic E-state index is 11.6. The predicted molar refractivity (Wildman–Crippen MR) is 252 cm³/mol. The van der Waals surface area contributed by atoms with Gasteiger partial charge in [0.15, 0.2) is 11.5 Å². The van der Waals surface area contributed by atoms with Crippen LogP contribution in [-0.4, -0.2) is 45.4 Å². The first-order valence-electron chi connectivity index (χ1n) is 13.6. The number of benzene rings is 4. The number of esters is 1. The Morgan fingerprint density at radius 3 is 1.42 bits per heavy atom. The van der Waals surface area contributed by atoms with Crippen molar-refractivity contribution in [3.05, 3.63) is 88.2 Å². The number of carbonyl (C=O) groups is 3. The van der Waals surface area contributed by atoms with Gasteiger partial charge in [-0.2, -0.15) is 0 Å². The van der Waals surface area contributed by atoms with Crippen LogP contribution in [0.25, 0.3) is 0 Å². The van der Waals surface area contributed by atoms with Crippen molar-refractivity contribution in [2.45, 2.75) is 24.9 Å². The molecule has 1 heterocycles. The van der Waals surface area contributed by atoms with Crippen molar-refractivity contribution in [2.75, 3.05) is 0 Å². The van der Waals surface area contributed by atoms with Crippen molar-refractivity contribution in [2.24, 2.45) is 5.73 Å². The van der Waals surface area contributed by atoms with E-state index >= 15 is 0 Å². The van der Waals surface area contributed by atoms with E-state index in [4.69, 9.17) is 20.3 Å². The van der Waals surface area contributed by atoms with Crippen LogP contribution in [0.2, 0.25) is 0 Å². The number of ether oxygens (including phenoxy) is 3. The molecule has 11 nitrogen and oxygen atoms in total. The fourth-order valence-electron chi connectivity index (χ4n) is 4.20. The minimum atomic E-state index is -1.02. The standard InChI is InChI=1S/C16H9I4NO5.C15H11I4NO4/c17-8-4-7(5-9(18)13(8)22)25-14-10(19)1-6(2-11(14)20)3-12-15(23)26-16(24)21-12;16-8-4-7(5-9(17)13(8)21)24-14-10(18)1-6(2-11(14)19)3-12(20)15(22)23/h1-2,4-5,12,22H,3H2,(H,21,24);1-2,4-5,12,21H,3,20H2,(H,22,23). The molecule has 2 atom stereocenters. The lowest BCUT2D eigenvalue weighted by Crippen LogP contribution is -2.32. The molecule has 1 saturated heterocycles. The van der Waals surface area contributed by atoms with Gasteiger partial charge in [0, 0.05) is 6.42 Å². The lowest BCUT2D eigenvalue weighted by atomic mass is 10.1. The molecule has 50 heavy (non-hydrogen) atoms. The van der Waals surface area contributed by atoms with Crippen LogP contribution in [0.4, 0.5) is 4.79 Å². The van der Waals surface area contributed by atoms with Gasteiger partial charge in [-0.05, 0) is 247 Å². The zero-order chi connectivity index (χ0) is 37.0. The molecule has 0 spiro atoms. The molecule has 0 radical (unpaired) electrons. The van der Waals surface area contributed by atoms with Gasteiger partial charge in [-0.3, -0.25) is 4.79 Å². The number of phenolic OH excluding ortho intramolecular Hbond substituents is 2. The van der Waals surface area contributed by atoms with E-state index in [9.17, 15) is 24.6 Å². The summed E-state index contributed by atoms with van der Waals surface area (Å²) < 4.78 is 22.8. The van der Waals surface area contributed by atoms with Crippen LogP contribution in [0, 0.1) is 28.6 Å². The monoisotopic (exact) mass is 1580 g/mol. The molecule has 0 bridgehead atoms. The summed E-state index contributed by atoms with van der Waals surface area (Å²) in [6.07, 6.45) is -0.0939. The highest BCUT2D eigenvalue weighted by molar-refractivity contribution is 14.1. The largest absolute Gasteiger partial charge is 0.506 e. The zero-order valence-electron chi connectivity index (χ0n) is 24.6. The number of carbonyl (C=O) groups excluding carboxylic acids is 2. The Morgan fingerprint density at radius 2 is 1.08 bits per heavy atom. The Balaban J connectivity index is 0.000000226. The van der Waals surface area contributed by atoms with Crippen LogP contribution in [0.1, 0.15) is 11.1 Å². The first-order chi connectivity index (χ1) is 23.4. The summed E-state index contributed by atoms with van der Waals surface area (Å²) in [6.45, 7) is 0. The molecule has 264 valence electrons. The van der Waals surface area contributed by atoms with Crippen molar-refractivity contribution >= 4 is 199 Å².